The molecular weight excluding hydrogens is 290 g/mol. The van der Waals surface area contributed by atoms with Gasteiger partial charge in [0.25, 0.3) is 0 Å². The van der Waals surface area contributed by atoms with Crippen LogP contribution in [0.4, 0.5) is 0 Å². The third-order valence-electron chi connectivity index (χ3n) is 3.95. The van der Waals surface area contributed by atoms with E-state index in [-0.39, 0.29) is 0 Å². The van der Waals surface area contributed by atoms with Crippen LogP contribution < -0.4 is 10.6 Å². The molecule has 136 valence electrons. The smallest absolute Gasteiger partial charge is 0.190 e. The number of hydrogen-bond donors (Lipinski definition) is 2. The number of guanidine groups is 1. The molecule has 0 heterocycles. The molecule has 0 spiro atoms. The van der Waals surface area contributed by atoms with E-state index in [1.54, 1.807) is 0 Å². The summed E-state index contributed by atoms with van der Waals surface area (Å²) in [7, 11) is 1.81. The molecule has 0 aliphatic heterocycles. The van der Waals surface area contributed by atoms with Gasteiger partial charge < -0.3 is 20.1 Å². The van der Waals surface area contributed by atoms with Crippen molar-refractivity contribution in [3.05, 3.63) is 0 Å². The number of nitrogens with zero attached hydrogens (tertiary/aromatic N) is 1. The molecule has 0 atom stereocenters. The molecule has 1 aliphatic carbocycles. The summed E-state index contributed by atoms with van der Waals surface area (Å²) in [5.74, 6) is 1.47. The number of nitrogens with one attached hydrogen (secondary N) is 2. The summed E-state index contributed by atoms with van der Waals surface area (Å²) in [6, 6.07) is 0. The van der Waals surface area contributed by atoms with Crippen LogP contribution in [0.1, 0.15) is 58.8 Å². The Morgan fingerprint density at radius 3 is 2.30 bits per heavy atom. The van der Waals surface area contributed by atoms with Crippen LogP contribution in [-0.4, -0.2) is 52.0 Å². The Balaban J connectivity index is 1.92. The van der Waals surface area contributed by atoms with Crippen molar-refractivity contribution in [1.82, 2.24) is 10.6 Å². The molecule has 0 aromatic carbocycles. The van der Waals surface area contributed by atoms with Crippen LogP contribution in [-0.2, 0) is 9.47 Å². The van der Waals surface area contributed by atoms with E-state index >= 15 is 0 Å². The average molecular weight is 328 g/mol. The second-order valence-electron chi connectivity index (χ2n) is 6.73. The monoisotopic (exact) mass is 327 g/mol. The Kier molecular flexibility index (Phi) is 12.0. The van der Waals surface area contributed by atoms with Crippen LogP contribution in [0.25, 0.3) is 0 Å². The van der Waals surface area contributed by atoms with E-state index in [4.69, 9.17) is 9.47 Å². The van der Waals surface area contributed by atoms with Crippen molar-refractivity contribution in [2.45, 2.75) is 64.9 Å². The maximum atomic E-state index is 5.93. The molecule has 5 nitrogen and oxygen atoms in total. The minimum absolute atomic E-state index is 0.507. The lowest BCUT2D eigenvalue weighted by Gasteiger charge is -2.22. The summed E-state index contributed by atoms with van der Waals surface area (Å²) in [5.41, 5.74) is 0. The molecule has 1 aliphatic rings. The minimum atomic E-state index is 0.507. The maximum Gasteiger partial charge on any atom is 0.190 e. The van der Waals surface area contributed by atoms with Crippen LogP contribution in [0.2, 0.25) is 0 Å². The lowest BCUT2D eigenvalue weighted by atomic mass is 9.98. The van der Waals surface area contributed by atoms with Gasteiger partial charge in [0.1, 0.15) is 0 Å². The zero-order valence-corrected chi connectivity index (χ0v) is 15.4. The number of hydrogen-bond acceptors (Lipinski definition) is 3. The fourth-order valence-electron chi connectivity index (χ4n) is 2.68. The molecule has 0 radical (unpaired) electrons. The van der Waals surface area contributed by atoms with Gasteiger partial charge in [0.05, 0.1) is 6.10 Å². The van der Waals surface area contributed by atoms with Gasteiger partial charge in [-0.1, -0.05) is 33.1 Å². The lowest BCUT2D eigenvalue weighted by molar-refractivity contribution is 0.0277. The third-order valence-corrected chi connectivity index (χ3v) is 3.95. The normalized spacial score (nSPS) is 16.8. The molecule has 0 unspecified atom stereocenters. The summed E-state index contributed by atoms with van der Waals surface area (Å²) < 4.78 is 11.5. The molecule has 1 rings (SSSR count). The molecule has 0 aromatic heterocycles. The summed E-state index contributed by atoms with van der Waals surface area (Å²) in [6.45, 7) is 8.61. The van der Waals surface area contributed by atoms with E-state index < -0.39 is 0 Å². The molecule has 1 fully saturated rings. The highest BCUT2D eigenvalue weighted by Gasteiger charge is 2.12. The van der Waals surface area contributed by atoms with Gasteiger partial charge in [-0.3, -0.25) is 4.99 Å². The zero-order valence-electron chi connectivity index (χ0n) is 15.4. The molecule has 23 heavy (non-hydrogen) atoms. The average Bonchev–Trinajstić information content (AvgIpc) is 2.56. The summed E-state index contributed by atoms with van der Waals surface area (Å²) in [6.07, 6.45) is 9.07. The van der Waals surface area contributed by atoms with Crippen LogP contribution >= 0.6 is 0 Å². The fourth-order valence-corrected chi connectivity index (χ4v) is 2.68. The van der Waals surface area contributed by atoms with Gasteiger partial charge in [0.15, 0.2) is 5.96 Å². The van der Waals surface area contributed by atoms with Gasteiger partial charge in [-0.25, -0.2) is 0 Å². The van der Waals surface area contributed by atoms with Crippen molar-refractivity contribution < 1.29 is 9.47 Å². The van der Waals surface area contributed by atoms with E-state index in [1.807, 2.05) is 7.05 Å². The molecular formula is C18H37N3O2. The third kappa shape index (κ3) is 11.4. The topological polar surface area (TPSA) is 54.9 Å². The summed E-state index contributed by atoms with van der Waals surface area (Å²) in [5, 5.41) is 6.65. The maximum absolute atomic E-state index is 5.93. The Labute approximate surface area is 142 Å². The largest absolute Gasteiger partial charge is 0.381 e. The molecule has 0 saturated heterocycles. The first kappa shape index (κ1) is 20.2. The van der Waals surface area contributed by atoms with Gasteiger partial charge in [-0.05, 0) is 31.6 Å². The molecule has 0 bridgehead atoms. The standard InChI is InChI=1S/C18H37N3O2/c1-16(2)15-22-13-7-11-20-18(19-3)21-12-8-14-23-17-9-5-4-6-10-17/h16-17H,4-15H2,1-3H3,(H2,19,20,21). The molecule has 5 heteroatoms. The SMILES string of the molecule is CN=C(NCCCOCC(C)C)NCCCOC1CCCCC1. The first-order valence-corrected chi connectivity index (χ1v) is 9.36. The van der Waals surface area contributed by atoms with Crippen molar-refractivity contribution in [3.63, 3.8) is 0 Å². The van der Waals surface area contributed by atoms with Crippen LogP contribution in [0.3, 0.4) is 0 Å². The highest BCUT2D eigenvalue weighted by molar-refractivity contribution is 5.79. The Bertz CT molecular complexity index is 303. The van der Waals surface area contributed by atoms with Crippen molar-refractivity contribution in [3.8, 4) is 0 Å². The number of ether oxygens (including phenoxy) is 2. The number of rotatable bonds is 11. The predicted molar refractivity (Wildman–Crippen MR) is 97.1 cm³/mol. The van der Waals surface area contributed by atoms with Crippen molar-refractivity contribution in [2.75, 3.05) is 40.0 Å². The molecule has 1 saturated carbocycles. The van der Waals surface area contributed by atoms with E-state index in [9.17, 15) is 0 Å². The first-order chi connectivity index (χ1) is 11.2. The summed E-state index contributed by atoms with van der Waals surface area (Å²) in [4.78, 5) is 4.23. The predicted octanol–water partition coefficient (Wildman–Crippen LogP) is 2.95. The van der Waals surface area contributed by atoms with Crippen molar-refractivity contribution in [2.24, 2.45) is 10.9 Å². The highest BCUT2D eigenvalue weighted by atomic mass is 16.5. The van der Waals surface area contributed by atoms with Gasteiger partial charge in [0, 0.05) is 40.0 Å². The van der Waals surface area contributed by atoms with E-state index in [1.165, 1.54) is 32.1 Å². The van der Waals surface area contributed by atoms with Crippen LogP contribution in [0.15, 0.2) is 4.99 Å². The van der Waals surface area contributed by atoms with Gasteiger partial charge >= 0.3 is 0 Å². The quantitative estimate of drug-likeness (QED) is 0.348. The van der Waals surface area contributed by atoms with Crippen LogP contribution in [0, 0.1) is 5.92 Å². The van der Waals surface area contributed by atoms with E-state index in [2.05, 4.69) is 29.5 Å². The number of aliphatic imine (C=N–C) groups is 1. The lowest BCUT2D eigenvalue weighted by Crippen LogP contribution is -2.38. The van der Waals surface area contributed by atoms with E-state index in [0.29, 0.717) is 12.0 Å². The molecule has 2 N–H and O–H groups in total. The zero-order chi connectivity index (χ0) is 16.8. The van der Waals surface area contributed by atoms with Gasteiger partial charge in [0.2, 0.25) is 0 Å². The van der Waals surface area contributed by atoms with Crippen molar-refractivity contribution in [1.29, 1.82) is 0 Å². The van der Waals surface area contributed by atoms with Gasteiger partial charge in [-0.2, -0.15) is 0 Å². The van der Waals surface area contributed by atoms with Crippen LogP contribution in [0.5, 0.6) is 0 Å². The molecule has 0 amide bonds. The summed E-state index contributed by atoms with van der Waals surface area (Å²) >= 11 is 0. The fraction of sp³-hybridized carbons (Fsp3) is 0.944. The van der Waals surface area contributed by atoms with Gasteiger partial charge in [-0.15, -0.1) is 0 Å². The van der Waals surface area contributed by atoms with E-state index in [0.717, 1.165) is 51.7 Å². The van der Waals surface area contributed by atoms with Crippen molar-refractivity contribution >= 4 is 5.96 Å². The molecule has 0 aromatic rings. The minimum Gasteiger partial charge on any atom is -0.381 e. The Hall–Kier alpha value is -0.810. The second kappa shape index (κ2) is 13.6. The Morgan fingerprint density at radius 2 is 1.70 bits per heavy atom. The Morgan fingerprint density at radius 1 is 1.04 bits per heavy atom. The first-order valence-electron chi connectivity index (χ1n) is 9.36. The highest BCUT2D eigenvalue weighted by Crippen LogP contribution is 2.20. The second-order valence-corrected chi connectivity index (χ2v) is 6.73.